The summed E-state index contributed by atoms with van der Waals surface area (Å²) in [7, 11) is 0. The molecule has 2 nitrogen and oxygen atoms in total. The Morgan fingerprint density at radius 2 is 1.34 bits per heavy atom. The number of Topliss-reactive ketones (excluding diaryl/α,β-unsaturated/α-hetero) is 1. The molecule has 0 aromatic heterocycles. The molecular weight excluding hydrogens is 428 g/mol. The van der Waals surface area contributed by atoms with Gasteiger partial charge < -0.3 is 9.90 Å². The van der Waals surface area contributed by atoms with Crippen LogP contribution < -0.4 is 0 Å². The molecule has 4 aliphatic carbocycles. The van der Waals surface area contributed by atoms with Crippen LogP contribution in [0.3, 0.4) is 0 Å². The van der Waals surface area contributed by atoms with Crippen LogP contribution >= 0.6 is 0 Å². The van der Waals surface area contributed by atoms with E-state index in [0.29, 0.717) is 28.6 Å². The van der Waals surface area contributed by atoms with E-state index in [2.05, 4.69) is 54.5 Å². The Morgan fingerprint density at radius 3 is 2.03 bits per heavy atom. The highest BCUT2D eigenvalue weighted by Gasteiger charge is 2.67. The van der Waals surface area contributed by atoms with Gasteiger partial charge in [-0.05, 0) is 137 Å². The molecule has 0 amide bonds. The number of hydrogen-bond acceptors (Lipinski definition) is 2. The molecule has 0 aromatic carbocycles. The highest BCUT2D eigenvalue weighted by atomic mass is 16.3. The molecule has 0 aliphatic heterocycles. The molecule has 0 bridgehead atoms. The molecule has 0 aromatic rings. The van der Waals surface area contributed by atoms with Gasteiger partial charge in [0.2, 0.25) is 0 Å². The first-order chi connectivity index (χ1) is 16.2. The fourth-order valence-corrected chi connectivity index (χ4v) is 11.2. The van der Waals surface area contributed by atoms with Gasteiger partial charge in [-0.25, -0.2) is 0 Å². The van der Waals surface area contributed by atoms with Gasteiger partial charge in [0.05, 0.1) is 5.60 Å². The summed E-state index contributed by atoms with van der Waals surface area (Å²) in [6.45, 7) is 19.1. The summed E-state index contributed by atoms with van der Waals surface area (Å²) < 4.78 is 0. The van der Waals surface area contributed by atoms with Crippen molar-refractivity contribution in [2.75, 3.05) is 0 Å². The van der Waals surface area contributed by atoms with Gasteiger partial charge in [-0.3, -0.25) is 0 Å². The van der Waals surface area contributed by atoms with Crippen molar-refractivity contribution in [3.63, 3.8) is 0 Å². The lowest BCUT2D eigenvalue weighted by Gasteiger charge is -2.71. The Morgan fingerprint density at radius 1 is 0.771 bits per heavy atom. The maximum absolute atomic E-state index is 11.7. The van der Waals surface area contributed by atoms with E-state index < -0.39 is 5.60 Å². The van der Waals surface area contributed by atoms with Crippen molar-refractivity contribution in [3.05, 3.63) is 11.6 Å². The second kappa shape index (κ2) is 9.28. The van der Waals surface area contributed by atoms with Crippen LogP contribution in [-0.4, -0.2) is 16.5 Å². The Hall–Kier alpha value is -0.630. The normalized spacial score (nSPS) is 47.4. The minimum absolute atomic E-state index is 0.222. The number of fused-ring (bicyclic) bond motifs is 5. The van der Waals surface area contributed by atoms with Gasteiger partial charge in [0.15, 0.2) is 0 Å². The molecule has 0 heterocycles. The molecule has 0 spiro atoms. The van der Waals surface area contributed by atoms with Crippen LogP contribution in [-0.2, 0) is 4.79 Å². The lowest BCUT2D eigenvalue weighted by molar-refractivity contribution is -0.236. The predicted octanol–water partition coefficient (Wildman–Crippen LogP) is 8.91. The van der Waals surface area contributed by atoms with Gasteiger partial charge in [-0.2, -0.15) is 0 Å². The summed E-state index contributed by atoms with van der Waals surface area (Å²) in [4.78, 5) is 11.3. The minimum atomic E-state index is -0.567. The second-order valence-corrected chi connectivity index (χ2v) is 15.4. The fourth-order valence-electron chi connectivity index (χ4n) is 11.2. The topological polar surface area (TPSA) is 37.3 Å². The number of rotatable bonds is 6. The van der Waals surface area contributed by atoms with Crippen LogP contribution in [0.4, 0.5) is 0 Å². The SMILES string of the molecule is CC(=O)CC/C=C(\C)CC[C@@H]1[C@@]2(C)CC[C@H]3[C@@](C)(CC[C@H]4C(C)(C)CCC[C@]34C)[C@@H]2CC[C@@]1(C)O. The number of allylic oxidation sites excluding steroid dienone is 2. The van der Waals surface area contributed by atoms with Crippen molar-refractivity contribution in [2.24, 2.45) is 45.3 Å². The van der Waals surface area contributed by atoms with Crippen molar-refractivity contribution >= 4 is 5.78 Å². The van der Waals surface area contributed by atoms with Crippen LogP contribution in [0.25, 0.3) is 0 Å². The van der Waals surface area contributed by atoms with Crippen LogP contribution in [0.1, 0.15) is 139 Å². The largest absolute Gasteiger partial charge is 0.390 e. The van der Waals surface area contributed by atoms with Crippen molar-refractivity contribution in [1.29, 1.82) is 0 Å². The Labute approximate surface area is 217 Å². The first-order valence-electron chi connectivity index (χ1n) is 15.0. The fraction of sp³-hybridized carbons (Fsp3) is 0.909. The minimum Gasteiger partial charge on any atom is -0.390 e. The Bertz CT molecular complexity index is 836. The van der Waals surface area contributed by atoms with Crippen LogP contribution in [0.15, 0.2) is 11.6 Å². The molecule has 0 unspecified atom stereocenters. The quantitative estimate of drug-likeness (QED) is 0.382. The zero-order valence-corrected chi connectivity index (χ0v) is 24.4. The van der Waals surface area contributed by atoms with Crippen molar-refractivity contribution in [2.45, 2.75) is 144 Å². The average Bonchev–Trinajstić information content (AvgIpc) is 2.71. The third-order valence-corrected chi connectivity index (χ3v) is 12.7. The first-order valence-corrected chi connectivity index (χ1v) is 15.0. The lowest BCUT2D eigenvalue weighted by atomic mass is 9.34. The van der Waals surface area contributed by atoms with E-state index in [-0.39, 0.29) is 11.2 Å². The van der Waals surface area contributed by atoms with Crippen LogP contribution in [0.2, 0.25) is 0 Å². The first kappa shape index (κ1) is 27.4. The molecule has 8 atom stereocenters. The van der Waals surface area contributed by atoms with E-state index in [1.54, 1.807) is 6.92 Å². The maximum Gasteiger partial charge on any atom is 0.130 e. The van der Waals surface area contributed by atoms with Gasteiger partial charge in [-0.1, -0.05) is 52.7 Å². The molecular formula is C33H56O2. The summed E-state index contributed by atoms with van der Waals surface area (Å²) in [5.74, 6) is 3.06. The third kappa shape index (κ3) is 4.61. The number of hydrogen-bond donors (Lipinski definition) is 1. The molecule has 4 rings (SSSR count). The Kier molecular flexibility index (Phi) is 7.27. The summed E-state index contributed by atoms with van der Waals surface area (Å²) in [5.41, 5.74) is 2.43. The number of carbonyl (C=O) groups is 1. The average molecular weight is 485 g/mol. The number of ketones is 1. The lowest BCUT2D eigenvalue weighted by Crippen LogP contribution is -2.65. The summed E-state index contributed by atoms with van der Waals surface area (Å²) in [6, 6.07) is 0. The highest BCUT2D eigenvalue weighted by molar-refractivity contribution is 5.75. The highest BCUT2D eigenvalue weighted by Crippen LogP contribution is 2.74. The van der Waals surface area contributed by atoms with Gasteiger partial charge in [0.25, 0.3) is 0 Å². The summed E-state index contributed by atoms with van der Waals surface area (Å²) in [6.07, 6.45) is 17.7. The molecule has 1 N–H and O–H groups in total. The smallest absolute Gasteiger partial charge is 0.130 e. The zero-order valence-electron chi connectivity index (χ0n) is 24.4. The van der Waals surface area contributed by atoms with Gasteiger partial charge in [0, 0.05) is 6.42 Å². The van der Waals surface area contributed by atoms with E-state index >= 15 is 0 Å². The molecule has 4 saturated carbocycles. The molecule has 4 aliphatic rings. The van der Waals surface area contributed by atoms with Crippen LogP contribution in [0, 0.1) is 45.3 Å². The van der Waals surface area contributed by atoms with Gasteiger partial charge in [-0.15, -0.1) is 0 Å². The molecule has 35 heavy (non-hydrogen) atoms. The van der Waals surface area contributed by atoms with E-state index in [1.807, 2.05) is 0 Å². The summed E-state index contributed by atoms with van der Waals surface area (Å²) in [5, 5.41) is 11.7. The molecule has 0 radical (unpaired) electrons. The van der Waals surface area contributed by atoms with Gasteiger partial charge in [0.1, 0.15) is 5.78 Å². The third-order valence-electron chi connectivity index (χ3n) is 12.7. The van der Waals surface area contributed by atoms with Crippen LogP contribution in [0.5, 0.6) is 0 Å². The van der Waals surface area contributed by atoms with Crippen molar-refractivity contribution in [3.8, 4) is 0 Å². The van der Waals surface area contributed by atoms with Gasteiger partial charge >= 0.3 is 0 Å². The van der Waals surface area contributed by atoms with E-state index in [9.17, 15) is 9.90 Å². The molecule has 200 valence electrons. The molecule has 2 heteroatoms. The monoisotopic (exact) mass is 484 g/mol. The van der Waals surface area contributed by atoms with E-state index in [1.165, 1.54) is 56.9 Å². The maximum atomic E-state index is 11.7. The molecule has 4 fully saturated rings. The van der Waals surface area contributed by atoms with Crippen molar-refractivity contribution < 1.29 is 9.90 Å². The van der Waals surface area contributed by atoms with Crippen molar-refractivity contribution in [1.82, 2.24) is 0 Å². The standard InChI is InChI=1S/C33H56O2/c1-23(11-9-12-24(2)34)13-14-28-32(7)21-16-26-30(5)19-10-18-29(3,4)25(30)15-20-31(26,6)27(32)17-22-33(28,8)35/h11,25-28,35H,9-10,12-22H2,1-8H3/b23-11+/t25-,26+,27-,28+,30-,31+,32-,33+/m0/s1. The zero-order chi connectivity index (χ0) is 25.9. The van der Waals surface area contributed by atoms with E-state index in [4.69, 9.17) is 0 Å². The second-order valence-electron chi connectivity index (χ2n) is 15.4. The number of carbonyl (C=O) groups excluding carboxylic acids is 1. The Balaban J connectivity index is 1.58. The summed E-state index contributed by atoms with van der Waals surface area (Å²) >= 11 is 0. The predicted molar refractivity (Wildman–Crippen MR) is 147 cm³/mol. The number of aliphatic hydroxyl groups is 1. The van der Waals surface area contributed by atoms with E-state index in [0.717, 1.165) is 43.4 Å². The molecule has 0 saturated heterocycles.